The molecule has 0 unspecified atom stereocenters. The summed E-state index contributed by atoms with van der Waals surface area (Å²) >= 11 is 13.0. The highest BCUT2D eigenvalue weighted by Crippen LogP contribution is 2.38. The van der Waals surface area contributed by atoms with Crippen LogP contribution in [-0.2, 0) is 11.4 Å². The van der Waals surface area contributed by atoms with E-state index in [1.54, 1.807) is 0 Å². The number of carbonyl (C=O) groups is 1. The number of amides is 1. The molecule has 0 aliphatic carbocycles. The summed E-state index contributed by atoms with van der Waals surface area (Å²) in [5.74, 6) is 1.78. The van der Waals surface area contributed by atoms with Gasteiger partial charge < -0.3 is 14.2 Å². The van der Waals surface area contributed by atoms with Gasteiger partial charge >= 0.3 is 0 Å². The maximum Gasteiger partial charge on any atom is 0.270 e. The van der Waals surface area contributed by atoms with Gasteiger partial charge in [0.05, 0.1) is 23.8 Å². The van der Waals surface area contributed by atoms with Gasteiger partial charge in [0.15, 0.2) is 15.8 Å². The van der Waals surface area contributed by atoms with Crippen LogP contribution in [0.4, 0.5) is 5.69 Å². The van der Waals surface area contributed by atoms with Gasteiger partial charge in [-0.1, -0.05) is 59.8 Å². The Hall–Kier alpha value is -3.00. The van der Waals surface area contributed by atoms with E-state index >= 15 is 0 Å². The van der Waals surface area contributed by atoms with Crippen LogP contribution in [-0.4, -0.2) is 23.4 Å². The van der Waals surface area contributed by atoms with Crippen molar-refractivity contribution in [2.45, 2.75) is 20.5 Å². The largest absolute Gasteiger partial charge is 0.494 e. The second-order valence-electron chi connectivity index (χ2n) is 7.46. The standard InChI is InChI=1S/C27H24ClNO4S2/c1-3-31-21-12-10-20(11-13-21)29-26(30)25(35-27(29)34)16-18-9-14-23(24(15-18)32-4-2)33-17-19-7-5-6-8-22(19)28/h5-16H,3-4,17H2,1-2H3/b25-16+. The maximum absolute atomic E-state index is 13.1. The number of anilines is 1. The van der Waals surface area contributed by atoms with E-state index in [9.17, 15) is 4.79 Å². The monoisotopic (exact) mass is 525 g/mol. The molecule has 0 saturated carbocycles. The van der Waals surface area contributed by atoms with Crippen molar-refractivity contribution < 1.29 is 19.0 Å². The minimum Gasteiger partial charge on any atom is -0.494 e. The number of ether oxygens (including phenoxy) is 3. The minimum absolute atomic E-state index is 0.166. The predicted molar refractivity (Wildman–Crippen MR) is 147 cm³/mol. The average Bonchev–Trinajstić information content (AvgIpc) is 3.13. The SMILES string of the molecule is CCOc1ccc(N2C(=O)/C(=C\c3ccc(OCc4ccccc4Cl)c(OCC)c3)SC2=S)cc1. The van der Waals surface area contributed by atoms with E-state index in [1.165, 1.54) is 16.7 Å². The Kier molecular flexibility index (Phi) is 8.33. The van der Waals surface area contributed by atoms with E-state index in [2.05, 4.69) is 0 Å². The lowest BCUT2D eigenvalue weighted by Gasteiger charge is -2.15. The summed E-state index contributed by atoms with van der Waals surface area (Å²) in [6.45, 7) is 5.21. The van der Waals surface area contributed by atoms with Gasteiger partial charge in [0.1, 0.15) is 12.4 Å². The zero-order valence-corrected chi connectivity index (χ0v) is 21.7. The van der Waals surface area contributed by atoms with Crippen LogP contribution >= 0.6 is 35.6 Å². The Labute approximate surface area is 219 Å². The molecular formula is C27H24ClNO4S2. The first-order chi connectivity index (χ1) is 17.0. The lowest BCUT2D eigenvalue weighted by Crippen LogP contribution is -2.27. The number of nitrogens with zero attached hydrogens (tertiary/aromatic N) is 1. The summed E-state index contributed by atoms with van der Waals surface area (Å²) in [6, 6.07) is 20.4. The summed E-state index contributed by atoms with van der Waals surface area (Å²) in [5.41, 5.74) is 2.40. The van der Waals surface area contributed by atoms with Crippen molar-refractivity contribution in [3.8, 4) is 17.2 Å². The second-order valence-corrected chi connectivity index (χ2v) is 9.55. The second kappa shape index (κ2) is 11.6. The number of benzene rings is 3. The van der Waals surface area contributed by atoms with Crippen LogP contribution < -0.4 is 19.1 Å². The maximum atomic E-state index is 13.1. The average molecular weight is 526 g/mol. The number of thiocarbonyl (C=S) groups is 1. The van der Waals surface area contributed by atoms with Gasteiger partial charge in [-0.15, -0.1) is 0 Å². The van der Waals surface area contributed by atoms with Gasteiger partial charge in [-0.3, -0.25) is 9.69 Å². The van der Waals surface area contributed by atoms with Crippen molar-refractivity contribution in [3.63, 3.8) is 0 Å². The van der Waals surface area contributed by atoms with E-state index in [4.69, 9.17) is 38.0 Å². The molecule has 0 bridgehead atoms. The van der Waals surface area contributed by atoms with Crippen LogP contribution in [0.3, 0.4) is 0 Å². The molecule has 1 amide bonds. The van der Waals surface area contributed by atoms with Crippen molar-refractivity contribution in [2.24, 2.45) is 0 Å². The molecule has 180 valence electrons. The van der Waals surface area contributed by atoms with Gasteiger partial charge in [0.25, 0.3) is 5.91 Å². The Morgan fingerprint density at radius 3 is 2.40 bits per heavy atom. The van der Waals surface area contributed by atoms with Crippen molar-refractivity contribution in [1.29, 1.82) is 0 Å². The van der Waals surface area contributed by atoms with Crippen molar-refractivity contribution in [2.75, 3.05) is 18.1 Å². The molecule has 0 N–H and O–H groups in total. The molecule has 0 atom stereocenters. The number of hydrogen-bond acceptors (Lipinski definition) is 6. The van der Waals surface area contributed by atoms with Crippen molar-refractivity contribution in [3.05, 3.63) is 87.8 Å². The molecule has 1 aliphatic heterocycles. The Bertz CT molecular complexity index is 1260. The van der Waals surface area contributed by atoms with E-state index in [0.29, 0.717) is 51.3 Å². The van der Waals surface area contributed by atoms with E-state index in [1.807, 2.05) is 86.7 Å². The van der Waals surface area contributed by atoms with Gasteiger partial charge in [-0.2, -0.15) is 0 Å². The molecule has 0 spiro atoms. The van der Waals surface area contributed by atoms with E-state index in [-0.39, 0.29) is 5.91 Å². The first-order valence-corrected chi connectivity index (χ1v) is 12.7. The molecule has 0 aromatic heterocycles. The lowest BCUT2D eigenvalue weighted by atomic mass is 10.1. The summed E-state index contributed by atoms with van der Waals surface area (Å²) in [4.78, 5) is 15.2. The molecule has 1 heterocycles. The van der Waals surface area contributed by atoms with Gasteiger partial charge in [-0.05, 0) is 68.0 Å². The van der Waals surface area contributed by atoms with Crippen molar-refractivity contribution >= 4 is 57.6 Å². The molecule has 1 aliphatic rings. The quantitative estimate of drug-likeness (QED) is 0.219. The van der Waals surface area contributed by atoms with Gasteiger partial charge in [0.2, 0.25) is 0 Å². The molecule has 1 fully saturated rings. The Morgan fingerprint density at radius 2 is 1.69 bits per heavy atom. The zero-order valence-electron chi connectivity index (χ0n) is 19.3. The minimum atomic E-state index is -0.166. The molecule has 5 nitrogen and oxygen atoms in total. The normalized spacial score (nSPS) is 14.5. The highest BCUT2D eigenvalue weighted by Gasteiger charge is 2.33. The van der Waals surface area contributed by atoms with Crippen LogP contribution in [0, 0.1) is 0 Å². The Morgan fingerprint density at radius 1 is 0.943 bits per heavy atom. The van der Waals surface area contributed by atoms with Crippen LogP contribution in [0.25, 0.3) is 6.08 Å². The first kappa shape index (κ1) is 25.1. The smallest absolute Gasteiger partial charge is 0.270 e. The number of hydrogen-bond donors (Lipinski definition) is 0. The third-order valence-corrected chi connectivity index (χ3v) is 6.78. The number of carbonyl (C=O) groups excluding carboxylic acids is 1. The molecule has 8 heteroatoms. The van der Waals surface area contributed by atoms with E-state index < -0.39 is 0 Å². The Balaban J connectivity index is 1.53. The fourth-order valence-corrected chi connectivity index (χ4v) is 4.96. The van der Waals surface area contributed by atoms with Crippen LogP contribution in [0.2, 0.25) is 5.02 Å². The van der Waals surface area contributed by atoms with Crippen LogP contribution in [0.5, 0.6) is 17.2 Å². The van der Waals surface area contributed by atoms with E-state index in [0.717, 1.165) is 16.9 Å². The highest BCUT2D eigenvalue weighted by molar-refractivity contribution is 8.27. The molecule has 1 saturated heterocycles. The zero-order chi connectivity index (χ0) is 24.8. The summed E-state index contributed by atoms with van der Waals surface area (Å²) in [6.07, 6.45) is 1.81. The third kappa shape index (κ3) is 5.99. The van der Waals surface area contributed by atoms with Gasteiger partial charge in [0, 0.05) is 10.6 Å². The molecule has 3 aromatic carbocycles. The summed E-state index contributed by atoms with van der Waals surface area (Å²) in [7, 11) is 0. The summed E-state index contributed by atoms with van der Waals surface area (Å²) in [5, 5.41) is 0.650. The van der Waals surface area contributed by atoms with Crippen LogP contribution in [0.15, 0.2) is 71.6 Å². The molecule has 0 radical (unpaired) electrons. The van der Waals surface area contributed by atoms with Crippen LogP contribution in [0.1, 0.15) is 25.0 Å². The number of thioether (sulfide) groups is 1. The molecule has 4 rings (SSSR count). The molecule has 3 aromatic rings. The van der Waals surface area contributed by atoms with Gasteiger partial charge in [-0.25, -0.2) is 0 Å². The number of rotatable bonds is 9. The summed E-state index contributed by atoms with van der Waals surface area (Å²) < 4.78 is 17.7. The number of halogens is 1. The molecule has 35 heavy (non-hydrogen) atoms. The molecular weight excluding hydrogens is 502 g/mol. The first-order valence-electron chi connectivity index (χ1n) is 11.1. The highest BCUT2D eigenvalue weighted by atomic mass is 35.5. The predicted octanol–water partition coefficient (Wildman–Crippen LogP) is 7.12. The lowest BCUT2D eigenvalue weighted by molar-refractivity contribution is -0.113. The fraction of sp³-hybridized carbons (Fsp3) is 0.185. The topological polar surface area (TPSA) is 48.0 Å². The fourth-order valence-electron chi connectivity index (χ4n) is 3.47. The third-order valence-electron chi connectivity index (χ3n) is 5.11. The van der Waals surface area contributed by atoms with Crippen molar-refractivity contribution in [1.82, 2.24) is 0 Å².